The number of aryl methyl sites for hydroxylation is 1. The fourth-order valence-electron chi connectivity index (χ4n) is 2.60. The number of hydrogen-bond acceptors (Lipinski definition) is 3. The average Bonchev–Trinajstić information content (AvgIpc) is 2.48. The van der Waals surface area contributed by atoms with E-state index in [0.717, 1.165) is 22.4 Å². The number of hydrogen-bond donors (Lipinski definition) is 2. The van der Waals surface area contributed by atoms with Crippen molar-refractivity contribution < 1.29 is 0 Å². The molecule has 0 aliphatic heterocycles. The van der Waals surface area contributed by atoms with Gasteiger partial charge in [-0.3, -0.25) is 0 Å². The molecule has 0 saturated carbocycles. The minimum absolute atomic E-state index is 0.213. The molecule has 1 heterocycles. The van der Waals surface area contributed by atoms with Gasteiger partial charge < -0.3 is 11.1 Å². The van der Waals surface area contributed by atoms with Gasteiger partial charge >= 0.3 is 0 Å². The Hall–Kier alpha value is -2.55. The van der Waals surface area contributed by atoms with Gasteiger partial charge in [0, 0.05) is 11.1 Å². The second kappa shape index (κ2) is 5.44. The van der Waals surface area contributed by atoms with Crippen LogP contribution in [-0.2, 0) is 0 Å². The first-order valence-corrected chi connectivity index (χ1v) is 7.12. The van der Waals surface area contributed by atoms with Crippen LogP contribution in [0.5, 0.6) is 0 Å². The minimum atomic E-state index is 0.213. The molecule has 1 atom stereocenters. The number of nitrogen functional groups attached to an aromatic ring is 1. The van der Waals surface area contributed by atoms with Crippen LogP contribution in [0.4, 0.5) is 11.5 Å². The monoisotopic (exact) mass is 277 g/mol. The fraction of sp³-hybridized carbons (Fsp3) is 0.167. The van der Waals surface area contributed by atoms with Crippen molar-refractivity contribution in [2.75, 3.05) is 11.1 Å². The maximum Gasteiger partial charge on any atom is 0.127 e. The lowest BCUT2D eigenvalue weighted by Gasteiger charge is -2.17. The van der Waals surface area contributed by atoms with Gasteiger partial charge in [-0.05, 0) is 55.3 Å². The van der Waals surface area contributed by atoms with E-state index in [-0.39, 0.29) is 6.04 Å². The molecule has 0 bridgehead atoms. The highest BCUT2D eigenvalue weighted by atomic mass is 15.0. The van der Waals surface area contributed by atoms with Crippen molar-refractivity contribution in [2.24, 2.45) is 0 Å². The molecule has 0 spiro atoms. The highest BCUT2D eigenvalue weighted by molar-refractivity contribution is 5.83. The number of benzene rings is 2. The molecule has 3 N–H and O–H groups in total. The number of nitrogens with one attached hydrogen (secondary N) is 1. The van der Waals surface area contributed by atoms with Crippen molar-refractivity contribution in [3.8, 4) is 0 Å². The third kappa shape index (κ3) is 2.82. The largest absolute Gasteiger partial charge is 0.399 e. The molecule has 3 heteroatoms. The Bertz CT molecular complexity index is 780. The second-order valence-electron chi connectivity index (χ2n) is 5.37. The summed E-state index contributed by atoms with van der Waals surface area (Å²) in [6, 6.07) is 18.4. The smallest absolute Gasteiger partial charge is 0.127 e. The van der Waals surface area contributed by atoms with Crippen LogP contribution >= 0.6 is 0 Å². The van der Waals surface area contributed by atoms with Crippen molar-refractivity contribution >= 4 is 22.4 Å². The van der Waals surface area contributed by atoms with Crippen molar-refractivity contribution in [1.29, 1.82) is 0 Å². The summed E-state index contributed by atoms with van der Waals surface area (Å²) in [5.74, 6) is 0.878. The van der Waals surface area contributed by atoms with Gasteiger partial charge in [0.05, 0.1) is 11.6 Å². The van der Waals surface area contributed by atoms with E-state index >= 15 is 0 Å². The van der Waals surface area contributed by atoms with Crippen LogP contribution < -0.4 is 11.1 Å². The summed E-state index contributed by atoms with van der Waals surface area (Å²) in [5.41, 5.74) is 10.1. The molecule has 0 aliphatic rings. The molecule has 3 nitrogen and oxygen atoms in total. The molecule has 1 unspecified atom stereocenters. The second-order valence-corrected chi connectivity index (χ2v) is 5.37. The van der Waals surface area contributed by atoms with E-state index in [1.165, 1.54) is 11.1 Å². The normalized spacial score (nSPS) is 12.3. The van der Waals surface area contributed by atoms with Crippen LogP contribution in [0.3, 0.4) is 0 Å². The lowest BCUT2D eigenvalue weighted by molar-refractivity contribution is 0.866. The van der Waals surface area contributed by atoms with E-state index in [4.69, 9.17) is 5.73 Å². The molecule has 2 aromatic carbocycles. The molecular formula is C18H19N3. The Labute approximate surface area is 124 Å². The predicted octanol–water partition coefficient (Wildman–Crippen LogP) is 4.30. The predicted molar refractivity (Wildman–Crippen MR) is 89.4 cm³/mol. The van der Waals surface area contributed by atoms with Gasteiger partial charge in [-0.1, -0.05) is 24.3 Å². The standard InChI is InChI=1S/C18H19N3/c1-12-5-3-4-6-16(12)13(2)20-18-10-7-14-11-15(19)8-9-17(14)21-18/h3-11,13H,19H2,1-2H3,(H,20,21). The molecule has 21 heavy (non-hydrogen) atoms. The average molecular weight is 277 g/mol. The highest BCUT2D eigenvalue weighted by Crippen LogP contribution is 2.23. The summed E-state index contributed by atoms with van der Waals surface area (Å²) in [4.78, 5) is 4.64. The topological polar surface area (TPSA) is 50.9 Å². The zero-order chi connectivity index (χ0) is 14.8. The Balaban J connectivity index is 1.88. The summed E-state index contributed by atoms with van der Waals surface area (Å²) in [7, 11) is 0. The van der Waals surface area contributed by atoms with Gasteiger partial charge in [0.25, 0.3) is 0 Å². The Morgan fingerprint density at radius 3 is 2.67 bits per heavy atom. The first-order chi connectivity index (χ1) is 10.1. The molecular weight excluding hydrogens is 258 g/mol. The van der Waals surface area contributed by atoms with Gasteiger partial charge in [0.2, 0.25) is 0 Å². The summed E-state index contributed by atoms with van der Waals surface area (Å²) >= 11 is 0. The third-order valence-corrected chi connectivity index (χ3v) is 3.73. The molecule has 0 aliphatic carbocycles. The van der Waals surface area contributed by atoms with E-state index < -0.39 is 0 Å². The number of fused-ring (bicyclic) bond motifs is 1. The lowest BCUT2D eigenvalue weighted by atomic mass is 10.0. The number of nitrogens with two attached hydrogens (primary N) is 1. The van der Waals surface area contributed by atoms with E-state index in [9.17, 15) is 0 Å². The van der Waals surface area contributed by atoms with Crippen LogP contribution in [-0.4, -0.2) is 4.98 Å². The first-order valence-electron chi connectivity index (χ1n) is 7.12. The Kier molecular flexibility index (Phi) is 3.48. The zero-order valence-corrected chi connectivity index (χ0v) is 12.3. The van der Waals surface area contributed by atoms with Gasteiger partial charge in [-0.15, -0.1) is 0 Å². The highest BCUT2D eigenvalue weighted by Gasteiger charge is 2.08. The van der Waals surface area contributed by atoms with E-state index in [1.54, 1.807) is 0 Å². The lowest BCUT2D eigenvalue weighted by Crippen LogP contribution is -2.09. The summed E-state index contributed by atoms with van der Waals surface area (Å²) in [6.45, 7) is 4.28. The molecule has 0 fully saturated rings. The number of aromatic nitrogens is 1. The maximum absolute atomic E-state index is 5.79. The molecule has 0 amide bonds. The molecule has 1 aromatic heterocycles. The molecule has 0 saturated heterocycles. The van der Waals surface area contributed by atoms with Crippen LogP contribution in [0, 0.1) is 6.92 Å². The van der Waals surface area contributed by atoms with Crippen LogP contribution in [0.25, 0.3) is 10.9 Å². The Morgan fingerprint density at radius 1 is 1.05 bits per heavy atom. The van der Waals surface area contributed by atoms with Crippen LogP contribution in [0.1, 0.15) is 24.1 Å². The molecule has 106 valence electrons. The van der Waals surface area contributed by atoms with Crippen LogP contribution in [0.15, 0.2) is 54.6 Å². The quantitative estimate of drug-likeness (QED) is 0.702. The van der Waals surface area contributed by atoms with Crippen molar-refractivity contribution in [3.63, 3.8) is 0 Å². The Morgan fingerprint density at radius 2 is 1.86 bits per heavy atom. The minimum Gasteiger partial charge on any atom is -0.399 e. The van der Waals surface area contributed by atoms with Crippen LogP contribution in [0.2, 0.25) is 0 Å². The zero-order valence-electron chi connectivity index (χ0n) is 12.3. The number of rotatable bonds is 3. The SMILES string of the molecule is Cc1ccccc1C(C)Nc1ccc2cc(N)ccc2n1. The number of nitrogens with zero attached hydrogens (tertiary/aromatic N) is 1. The summed E-state index contributed by atoms with van der Waals surface area (Å²) < 4.78 is 0. The first kappa shape index (κ1) is 13.4. The molecule has 0 radical (unpaired) electrons. The van der Waals surface area contributed by atoms with E-state index in [0.29, 0.717) is 0 Å². The summed E-state index contributed by atoms with van der Waals surface area (Å²) in [5, 5.41) is 4.52. The van der Waals surface area contributed by atoms with Gasteiger partial charge in [-0.2, -0.15) is 0 Å². The van der Waals surface area contributed by atoms with Gasteiger partial charge in [0.15, 0.2) is 0 Å². The van der Waals surface area contributed by atoms with Crippen molar-refractivity contribution in [1.82, 2.24) is 4.98 Å². The molecule has 3 rings (SSSR count). The van der Waals surface area contributed by atoms with E-state index in [2.05, 4.69) is 48.4 Å². The third-order valence-electron chi connectivity index (χ3n) is 3.73. The van der Waals surface area contributed by atoms with Crippen molar-refractivity contribution in [2.45, 2.75) is 19.9 Å². The number of anilines is 2. The van der Waals surface area contributed by atoms with Gasteiger partial charge in [-0.25, -0.2) is 4.98 Å². The fourth-order valence-corrected chi connectivity index (χ4v) is 2.60. The van der Waals surface area contributed by atoms with Crippen molar-refractivity contribution in [3.05, 3.63) is 65.7 Å². The molecule has 3 aromatic rings. The number of pyridine rings is 1. The van der Waals surface area contributed by atoms with Gasteiger partial charge in [0.1, 0.15) is 5.82 Å². The maximum atomic E-state index is 5.79. The van der Waals surface area contributed by atoms with E-state index in [1.807, 2.05) is 30.3 Å². The summed E-state index contributed by atoms with van der Waals surface area (Å²) in [6.07, 6.45) is 0.